The highest BCUT2D eigenvalue weighted by atomic mass is 79.9. The second-order valence-corrected chi connectivity index (χ2v) is 7.75. The lowest BCUT2D eigenvalue weighted by molar-refractivity contribution is 0.0894. The Labute approximate surface area is 158 Å². The van der Waals surface area contributed by atoms with E-state index in [1.807, 2.05) is 37.3 Å². The van der Waals surface area contributed by atoms with Crippen LogP contribution in [-0.2, 0) is 0 Å². The first-order valence-electron chi connectivity index (χ1n) is 8.40. The highest BCUT2D eigenvalue weighted by Gasteiger charge is 2.36. The SMILES string of the molecule is C[C@H](Br)c1nnc([C@H]2C[C@H](NC(=O)c3cc(-c4ccccc4)on3)C2)o1. The van der Waals surface area contributed by atoms with E-state index in [0.29, 0.717) is 17.5 Å². The Morgan fingerprint density at radius 1 is 1.27 bits per heavy atom. The number of benzene rings is 1. The molecule has 3 aromatic rings. The van der Waals surface area contributed by atoms with Gasteiger partial charge in [-0.05, 0) is 19.8 Å². The lowest BCUT2D eigenvalue weighted by atomic mass is 9.80. The quantitative estimate of drug-likeness (QED) is 0.634. The molecule has 1 aliphatic carbocycles. The Kier molecular flexibility index (Phi) is 4.58. The van der Waals surface area contributed by atoms with Gasteiger partial charge in [0.2, 0.25) is 11.8 Å². The van der Waals surface area contributed by atoms with Gasteiger partial charge in [0.15, 0.2) is 11.5 Å². The van der Waals surface area contributed by atoms with E-state index in [0.717, 1.165) is 18.4 Å². The molecule has 4 rings (SSSR count). The summed E-state index contributed by atoms with van der Waals surface area (Å²) in [4.78, 5) is 12.4. The van der Waals surface area contributed by atoms with Gasteiger partial charge in [-0.15, -0.1) is 10.2 Å². The number of carbonyl (C=O) groups excluding carboxylic acids is 1. The minimum absolute atomic E-state index is 0.0327. The van der Waals surface area contributed by atoms with Gasteiger partial charge in [-0.1, -0.05) is 51.4 Å². The van der Waals surface area contributed by atoms with Gasteiger partial charge in [-0.25, -0.2) is 0 Å². The molecule has 134 valence electrons. The van der Waals surface area contributed by atoms with E-state index in [1.165, 1.54) is 0 Å². The Hall–Kier alpha value is -2.48. The number of hydrogen-bond acceptors (Lipinski definition) is 6. The van der Waals surface area contributed by atoms with Crippen molar-refractivity contribution < 1.29 is 13.7 Å². The van der Waals surface area contributed by atoms with Crippen LogP contribution < -0.4 is 5.32 Å². The fraction of sp³-hybridized carbons (Fsp3) is 0.333. The zero-order chi connectivity index (χ0) is 18.1. The average Bonchev–Trinajstić information content (AvgIpc) is 3.28. The van der Waals surface area contributed by atoms with Gasteiger partial charge >= 0.3 is 0 Å². The smallest absolute Gasteiger partial charge is 0.273 e. The third-order valence-electron chi connectivity index (χ3n) is 4.42. The van der Waals surface area contributed by atoms with Gasteiger partial charge in [0, 0.05) is 23.6 Å². The maximum Gasteiger partial charge on any atom is 0.273 e. The molecule has 0 saturated heterocycles. The standard InChI is InChI=1S/C18H17BrN4O3/c1-10(19)17-21-22-18(25-17)12-7-13(8-12)20-16(24)14-9-15(26-23-14)11-5-3-2-4-6-11/h2-6,9-10,12-13H,7-8H2,1H3,(H,20,24)/t10-,12-,13-/m0/s1. The summed E-state index contributed by atoms with van der Waals surface area (Å²) < 4.78 is 10.9. The van der Waals surface area contributed by atoms with E-state index < -0.39 is 0 Å². The summed E-state index contributed by atoms with van der Waals surface area (Å²) in [6, 6.07) is 11.3. The Balaban J connectivity index is 1.33. The van der Waals surface area contributed by atoms with Crippen LogP contribution in [0.5, 0.6) is 0 Å². The molecule has 2 heterocycles. The van der Waals surface area contributed by atoms with Crippen LogP contribution >= 0.6 is 15.9 Å². The number of halogens is 1. The van der Waals surface area contributed by atoms with Crippen LogP contribution in [0.25, 0.3) is 11.3 Å². The fourth-order valence-corrected chi connectivity index (χ4v) is 3.07. The number of hydrogen-bond donors (Lipinski definition) is 1. The lowest BCUT2D eigenvalue weighted by Crippen LogP contribution is -2.43. The van der Waals surface area contributed by atoms with Crippen molar-refractivity contribution in [1.29, 1.82) is 0 Å². The number of alkyl halides is 1. The molecule has 2 aromatic heterocycles. The van der Waals surface area contributed by atoms with Gasteiger partial charge in [0.05, 0.1) is 4.83 Å². The van der Waals surface area contributed by atoms with E-state index >= 15 is 0 Å². The van der Waals surface area contributed by atoms with E-state index in [1.54, 1.807) is 6.07 Å². The molecule has 1 saturated carbocycles. The molecule has 1 aliphatic rings. The minimum Gasteiger partial charge on any atom is -0.424 e. The predicted molar refractivity (Wildman–Crippen MR) is 96.8 cm³/mol. The molecule has 1 fully saturated rings. The summed E-state index contributed by atoms with van der Waals surface area (Å²) in [6.45, 7) is 1.93. The second kappa shape index (κ2) is 7.03. The van der Waals surface area contributed by atoms with E-state index in [4.69, 9.17) is 8.94 Å². The van der Waals surface area contributed by atoms with Gasteiger partial charge < -0.3 is 14.3 Å². The molecule has 1 aromatic carbocycles. The van der Waals surface area contributed by atoms with Gasteiger partial charge in [0.1, 0.15) is 0 Å². The lowest BCUT2D eigenvalue weighted by Gasteiger charge is -2.33. The number of amides is 1. The molecule has 1 N–H and O–H groups in total. The molecule has 0 aliphatic heterocycles. The molecule has 0 spiro atoms. The Morgan fingerprint density at radius 3 is 2.73 bits per heavy atom. The van der Waals surface area contributed by atoms with Crippen molar-refractivity contribution in [3.63, 3.8) is 0 Å². The molecule has 26 heavy (non-hydrogen) atoms. The van der Waals surface area contributed by atoms with Crippen LogP contribution in [0.3, 0.4) is 0 Å². The first-order valence-corrected chi connectivity index (χ1v) is 9.32. The van der Waals surface area contributed by atoms with Crippen molar-refractivity contribution in [2.24, 2.45) is 0 Å². The number of nitrogens with one attached hydrogen (secondary N) is 1. The summed E-state index contributed by atoms with van der Waals surface area (Å²) in [7, 11) is 0. The Morgan fingerprint density at radius 2 is 2.04 bits per heavy atom. The van der Waals surface area contributed by atoms with Crippen LogP contribution in [0.15, 0.2) is 45.3 Å². The molecule has 0 bridgehead atoms. The summed E-state index contributed by atoms with van der Waals surface area (Å²) in [5.74, 6) is 1.72. The largest absolute Gasteiger partial charge is 0.424 e. The van der Waals surface area contributed by atoms with Gasteiger partial charge in [-0.3, -0.25) is 4.79 Å². The summed E-state index contributed by atoms with van der Waals surface area (Å²) in [5.41, 5.74) is 1.16. The van der Waals surface area contributed by atoms with Crippen molar-refractivity contribution >= 4 is 21.8 Å². The highest BCUT2D eigenvalue weighted by Crippen LogP contribution is 2.37. The van der Waals surface area contributed by atoms with Crippen LogP contribution in [0.2, 0.25) is 0 Å². The van der Waals surface area contributed by atoms with Gasteiger partial charge in [0.25, 0.3) is 5.91 Å². The van der Waals surface area contributed by atoms with E-state index in [9.17, 15) is 4.79 Å². The minimum atomic E-state index is -0.236. The second-order valence-electron chi connectivity index (χ2n) is 6.38. The summed E-state index contributed by atoms with van der Waals surface area (Å²) in [5, 5.41) is 14.9. The molecular weight excluding hydrogens is 400 g/mol. The van der Waals surface area contributed by atoms with Crippen LogP contribution in [0.1, 0.15) is 52.8 Å². The zero-order valence-corrected chi connectivity index (χ0v) is 15.6. The maximum atomic E-state index is 12.3. The maximum absolute atomic E-state index is 12.3. The molecule has 1 atom stereocenters. The fourth-order valence-electron chi connectivity index (χ4n) is 2.89. The molecule has 0 radical (unpaired) electrons. The first-order chi connectivity index (χ1) is 12.6. The zero-order valence-electron chi connectivity index (χ0n) is 14.1. The predicted octanol–water partition coefficient (Wildman–Crippen LogP) is 3.86. The highest BCUT2D eigenvalue weighted by molar-refractivity contribution is 9.09. The third kappa shape index (κ3) is 3.41. The third-order valence-corrected chi connectivity index (χ3v) is 4.81. The normalized spacial score (nSPS) is 20.4. The number of carbonyl (C=O) groups is 1. The number of nitrogens with zero attached hydrogens (tertiary/aromatic N) is 3. The van der Waals surface area contributed by atoms with Crippen molar-refractivity contribution in [2.45, 2.75) is 36.6 Å². The van der Waals surface area contributed by atoms with Crippen molar-refractivity contribution in [1.82, 2.24) is 20.7 Å². The number of rotatable bonds is 5. The summed E-state index contributed by atoms with van der Waals surface area (Å²) in [6.07, 6.45) is 1.54. The summed E-state index contributed by atoms with van der Waals surface area (Å²) >= 11 is 3.41. The van der Waals surface area contributed by atoms with Gasteiger partial charge in [-0.2, -0.15) is 0 Å². The van der Waals surface area contributed by atoms with Crippen LogP contribution in [0.4, 0.5) is 0 Å². The van der Waals surface area contributed by atoms with Crippen molar-refractivity contribution in [3.8, 4) is 11.3 Å². The first kappa shape index (κ1) is 17.0. The topological polar surface area (TPSA) is 94.1 Å². The van der Waals surface area contributed by atoms with Crippen molar-refractivity contribution in [2.75, 3.05) is 0 Å². The van der Waals surface area contributed by atoms with Crippen LogP contribution in [0, 0.1) is 0 Å². The molecule has 7 nitrogen and oxygen atoms in total. The molecule has 1 amide bonds. The number of aromatic nitrogens is 3. The Bertz CT molecular complexity index is 900. The molecular formula is C18H17BrN4O3. The van der Waals surface area contributed by atoms with E-state index in [-0.39, 0.29) is 28.4 Å². The molecule has 8 heteroatoms. The monoisotopic (exact) mass is 416 g/mol. The van der Waals surface area contributed by atoms with Crippen molar-refractivity contribution in [3.05, 3.63) is 53.9 Å². The van der Waals surface area contributed by atoms with E-state index in [2.05, 4.69) is 36.6 Å². The van der Waals surface area contributed by atoms with Crippen LogP contribution in [-0.4, -0.2) is 27.3 Å². The molecule has 0 unspecified atom stereocenters. The average molecular weight is 417 g/mol.